The minimum atomic E-state index is -0.434. The Morgan fingerprint density at radius 2 is 2.03 bits per heavy atom. The topological polar surface area (TPSA) is 103 Å². The zero-order valence-corrected chi connectivity index (χ0v) is 19.6. The van der Waals surface area contributed by atoms with E-state index in [2.05, 4.69) is 9.97 Å². The van der Waals surface area contributed by atoms with Crippen molar-refractivity contribution in [2.75, 3.05) is 38.8 Å². The molecule has 35 heavy (non-hydrogen) atoms. The second-order valence-electron chi connectivity index (χ2n) is 8.43. The number of anilines is 1. The van der Waals surface area contributed by atoms with Gasteiger partial charge in [0.05, 0.1) is 36.6 Å². The third kappa shape index (κ3) is 4.77. The van der Waals surface area contributed by atoms with Gasteiger partial charge in [0.25, 0.3) is 0 Å². The molecule has 10 heteroatoms. The normalized spacial score (nSPS) is 16.8. The predicted octanol–water partition coefficient (Wildman–Crippen LogP) is 3.17. The van der Waals surface area contributed by atoms with E-state index in [0.29, 0.717) is 61.3 Å². The summed E-state index contributed by atoms with van der Waals surface area (Å²) in [5.74, 6) is 1.64. The molecule has 2 amide bonds. The zero-order valence-electron chi connectivity index (χ0n) is 19.6. The van der Waals surface area contributed by atoms with E-state index in [1.807, 2.05) is 18.2 Å². The Labute approximate surface area is 202 Å². The van der Waals surface area contributed by atoms with Crippen molar-refractivity contribution in [3.8, 4) is 17.4 Å². The number of para-hydroxylation sites is 1. The molecule has 1 atom stereocenters. The summed E-state index contributed by atoms with van der Waals surface area (Å²) in [6, 6.07) is 11.0. The monoisotopic (exact) mass is 478 g/mol. The molecule has 2 aromatic carbocycles. The summed E-state index contributed by atoms with van der Waals surface area (Å²) in [4.78, 5) is 37.3. The summed E-state index contributed by atoms with van der Waals surface area (Å²) >= 11 is 0. The third-order valence-electron chi connectivity index (χ3n) is 6.07. The SMILES string of the molecule is COc1cnc2cccc(CN(C)C(=O)CCC3CN(c4ccc5c(c4)OCCO5)C(=O)O3)c2n1. The van der Waals surface area contributed by atoms with Gasteiger partial charge in [-0.25, -0.2) is 14.8 Å². The Morgan fingerprint density at radius 1 is 1.20 bits per heavy atom. The molecule has 1 unspecified atom stereocenters. The highest BCUT2D eigenvalue weighted by Crippen LogP contribution is 2.35. The van der Waals surface area contributed by atoms with Crippen molar-refractivity contribution < 1.29 is 28.5 Å². The largest absolute Gasteiger partial charge is 0.486 e. The second kappa shape index (κ2) is 9.65. The van der Waals surface area contributed by atoms with Gasteiger partial charge in [-0.2, -0.15) is 0 Å². The maximum absolute atomic E-state index is 12.8. The average Bonchev–Trinajstić information content (AvgIpc) is 3.27. The van der Waals surface area contributed by atoms with Crippen LogP contribution in [0.1, 0.15) is 18.4 Å². The van der Waals surface area contributed by atoms with Gasteiger partial charge in [-0.1, -0.05) is 12.1 Å². The van der Waals surface area contributed by atoms with Crippen molar-refractivity contribution in [3.05, 3.63) is 48.2 Å². The van der Waals surface area contributed by atoms with Gasteiger partial charge in [0.15, 0.2) is 11.5 Å². The van der Waals surface area contributed by atoms with Crippen molar-refractivity contribution in [2.45, 2.75) is 25.5 Å². The Balaban J connectivity index is 1.18. The maximum atomic E-state index is 12.8. The summed E-state index contributed by atoms with van der Waals surface area (Å²) < 4.78 is 21.9. The number of nitrogens with zero attached hydrogens (tertiary/aromatic N) is 4. The quantitative estimate of drug-likeness (QED) is 0.510. The summed E-state index contributed by atoms with van der Waals surface area (Å²) in [7, 11) is 3.29. The number of fused-ring (bicyclic) bond motifs is 2. The van der Waals surface area contributed by atoms with Crippen LogP contribution in [0, 0.1) is 0 Å². The van der Waals surface area contributed by atoms with E-state index in [1.54, 1.807) is 48.4 Å². The van der Waals surface area contributed by atoms with Gasteiger partial charge in [-0.15, -0.1) is 0 Å². The Kier molecular flexibility index (Phi) is 6.26. The van der Waals surface area contributed by atoms with Gasteiger partial charge in [0.2, 0.25) is 11.8 Å². The molecule has 3 heterocycles. The Hall–Kier alpha value is -4.08. The summed E-state index contributed by atoms with van der Waals surface area (Å²) in [5.41, 5.74) is 2.99. The summed E-state index contributed by atoms with van der Waals surface area (Å²) in [5, 5.41) is 0. The maximum Gasteiger partial charge on any atom is 0.414 e. The van der Waals surface area contributed by atoms with Gasteiger partial charge in [0.1, 0.15) is 19.3 Å². The minimum absolute atomic E-state index is 0.0494. The van der Waals surface area contributed by atoms with Crippen LogP contribution in [0.15, 0.2) is 42.6 Å². The number of aromatic nitrogens is 2. The molecule has 0 saturated carbocycles. The zero-order chi connectivity index (χ0) is 24.4. The first-order chi connectivity index (χ1) is 17.0. The number of rotatable bonds is 7. The van der Waals surface area contributed by atoms with E-state index in [0.717, 1.165) is 11.1 Å². The lowest BCUT2D eigenvalue weighted by atomic mass is 10.1. The van der Waals surface area contributed by atoms with E-state index in [4.69, 9.17) is 18.9 Å². The third-order valence-corrected chi connectivity index (χ3v) is 6.07. The first kappa shape index (κ1) is 22.7. The van der Waals surface area contributed by atoms with Crippen LogP contribution in [-0.2, 0) is 16.1 Å². The highest BCUT2D eigenvalue weighted by atomic mass is 16.6. The lowest BCUT2D eigenvalue weighted by Crippen LogP contribution is -2.28. The first-order valence-corrected chi connectivity index (χ1v) is 11.4. The number of methoxy groups -OCH3 is 1. The number of carbonyl (C=O) groups is 2. The molecule has 2 aliphatic rings. The first-order valence-electron chi connectivity index (χ1n) is 11.4. The number of carbonyl (C=O) groups excluding carboxylic acids is 2. The molecule has 0 bridgehead atoms. The van der Waals surface area contributed by atoms with E-state index in [1.165, 1.54) is 0 Å². The fraction of sp³-hybridized carbons (Fsp3) is 0.360. The van der Waals surface area contributed by atoms with Crippen LogP contribution >= 0.6 is 0 Å². The highest BCUT2D eigenvalue weighted by Gasteiger charge is 2.33. The second-order valence-corrected chi connectivity index (χ2v) is 8.43. The number of hydrogen-bond donors (Lipinski definition) is 0. The van der Waals surface area contributed by atoms with E-state index < -0.39 is 6.09 Å². The molecule has 1 fully saturated rings. The van der Waals surface area contributed by atoms with Crippen LogP contribution in [0.2, 0.25) is 0 Å². The fourth-order valence-corrected chi connectivity index (χ4v) is 4.20. The van der Waals surface area contributed by atoms with Crippen LogP contribution in [0.3, 0.4) is 0 Å². The summed E-state index contributed by atoms with van der Waals surface area (Å²) in [6.07, 6.45) is 1.44. The smallest absolute Gasteiger partial charge is 0.414 e. The number of benzene rings is 2. The summed E-state index contributed by atoms with van der Waals surface area (Å²) in [6.45, 7) is 1.72. The van der Waals surface area contributed by atoms with Crippen LogP contribution in [0.25, 0.3) is 11.0 Å². The van der Waals surface area contributed by atoms with Gasteiger partial charge in [0, 0.05) is 26.1 Å². The van der Waals surface area contributed by atoms with E-state index in [9.17, 15) is 9.59 Å². The molecular formula is C25H26N4O6. The van der Waals surface area contributed by atoms with Crippen LogP contribution in [-0.4, -0.2) is 66.9 Å². The minimum Gasteiger partial charge on any atom is -0.486 e. The number of amides is 2. The van der Waals surface area contributed by atoms with Gasteiger partial charge in [-0.05, 0) is 30.2 Å². The molecule has 1 saturated heterocycles. The molecule has 1 aromatic heterocycles. The molecular weight excluding hydrogens is 452 g/mol. The number of cyclic esters (lactones) is 1. The van der Waals surface area contributed by atoms with E-state index >= 15 is 0 Å². The van der Waals surface area contributed by atoms with Crippen molar-refractivity contribution in [3.63, 3.8) is 0 Å². The van der Waals surface area contributed by atoms with Crippen molar-refractivity contribution >= 4 is 28.7 Å². The molecule has 0 aliphatic carbocycles. The van der Waals surface area contributed by atoms with Crippen LogP contribution in [0.4, 0.5) is 10.5 Å². The van der Waals surface area contributed by atoms with Gasteiger partial charge < -0.3 is 23.8 Å². The van der Waals surface area contributed by atoms with Crippen molar-refractivity contribution in [2.24, 2.45) is 0 Å². The standard InChI is InChI=1S/C25H26N4O6/c1-28(14-16-4-3-5-19-24(16)27-22(32-2)13-26-19)23(30)9-7-18-15-29(25(31)35-18)17-6-8-20-21(12-17)34-11-10-33-20/h3-6,8,12-13,18H,7,9-11,14-15H2,1-2H3. The van der Waals surface area contributed by atoms with E-state index in [-0.39, 0.29) is 18.4 Å². The molecule has 2 aliphatic heterocycles. The number of ether oxygens (including phenoxy) is 4. The molecule has 3 aromatic rings. The van der Waals surface area contributed by atoms with Gasteiger partial charge >= 0.3 is 6.09 Å². The Morgan fingerprint density at radius 3 is 2.86 bits per heavy atom. The average molecular weight is 479 g/mol. The lowest BCUT2D eigenvalue weighted by molar-refractivity contribution is -0.130. The molecule has 0 spiro atoms. The predicted molar refractivity (Wildman–Crippen MR) is 127 cm³/mol. The fourth-order valence-electron chi connectivity index (χ4n) is 4.20. The van der Waals surface area contributed by atoms with Crippen LogP contribution < -0.4 is 19.1 Å². The van der Waals surface area contributed by atoms with Gasteiger partial charge in [-0.3, -0.25) is 9.69 Å². The highest BCUT2D eigenvalue weighted by molar-refractivity contribution is 5.90. The number of hydrogen-bond acceptors (Lipinski definition) is 8. The lowest BCUT2D eigenvalue weighted by Gasteiger charge is -2.21. The van der Waals surface area contributed by atoms with Crippen molar-refractivity contribution in [1.82, 2.24) is 14.9 Å². The molecule has 10 nitrogen and oxygen atoms in total. The van der Waals surface area contributed by atoms with Crippen molar-refractivity contribution in [1.29, 1.82) is 0 Å². The molecule has 0 N–H and O–H groups in total. The molecule has 0 radical (unpaired) electrons. The Bertz CT molecular complexity index is 1270. The van der Waals surface area contributed by atoms with Crippen LogP contribution in [0.5, 0.6) is 17.4 Å². The molecule has 182 valence electrons. The molecule has 5 rings (SSSR count).